The maximum absolute atomic E-state index is 13.0. The third-order valence-electron chi connectivity index (χ3n) is 2.88. The van der Waals surface area contributed by atoms with Crippen molar-refractivity contribution in [1.82, 2.24) is 0 Å². The molecule has 2 aromatic carbocycles. The zero-order valence-electron chi connectivity index (χ0n) is 11.1. The quantitative estimate of drug-likeness (QED) is 0.647. The summed E-state index contributed by atoms with van der Waals surface area (Å²) in [5, 5.41) is 13.9. The number of nitrogens with zero attached hydrogens (tertiary/aromatic N) is 1. The molecule has 2 rings (SSSR count). The van der Waals surface area contributed by atoms with Crippen molar-refractivity contribution in [2.45, 2.75) is 6.54 Å². The number of non-ortho nitro benzene ring substituents is 1. The summed E-state index contributed by atoms with van der Waals surface area (Å²) >= 11 is 3.25. The standard InChI is InChI=1S/C14H12BrFN2O3/c1-21-14-5-3-11(18(19)20)6-9(14)8-17-13-4-2-10(16)7-12(13)15/h2-7,17H,8H2,1H3. The molecule has 0 aliphatic rings. The number of methoxy groups -OCH3 is 1. The van der Waals surface area contributed by atoms with Crippen molar-refractivity contribution in [2.24, 2.45) is 0 Å². The molecule has 0 radical (unpaired) electrons. The van der Waals surface area contributed by atoms with Crippen LogP contribution in [0, 0.1) is 15.9 Å². The highest BCUT2D eigenvalue weighted by molar-refractivity contribution is 9.10. The number of hydrogen-bond donors (Lipinski definition) is 1. The lowest BCUT2D eigenvalue weighted by Gasteiger charge is -2.11. The van der Waals surface area contributed by atoms with E-state index in [1.54, 1.807) is 12.1 Å². The van der Waals surface area contributed by atoms with Gasteiger partial charge in [0, 0.05) is 34.4 Å². The van der Waals surface area contributed by atoms with Gasteiger partial charge < -0.3 is 10.1 Å². The molecule has 0 bridgehead atoms. The molecule has 5 nitrogen and oxygen atoms in total. The minimum absolute atomic E-state index is 0.00854. The van der Waals surface area contributed by atoms with Gasteiger partial charge >= 0.3 is 0 Å². The van der Waals surface area contributed by atoms with Crippen molar-refractivity contribution in [3.8, 4) is 5.75 Å². The molecule has 7 heteroatoms. The van der Waals surface area contributed by atoms with E-state index in [0.717, 1.165) is 0 Å². The third-order valence-corrected chi connectivity index (χ3v) is 3.53. The van der Waals surface area contributed by atoms with Gasteiger partial charge in [0.05, 0.1) is 12.0 Å². The van der Waals surface area contributed by atoms with Gasteiger partial charge in [0.2, 0.25) is 0 Å². The minimum atomic E-state index is -0.462. The Labute approximate surface area is 129 Å². The van der Waals surface area contributed by atoms with Crippen LogP contribution in [-0.4, -0.2) is 12.0 Å². The predicted octanol–water partition coefficient (Wildman–Crippen LogP) is 4.12. The molecule has 110 valence electrons. The minimum Gasteiger partial charge on any atom is -0.496 e. The summed E-state index contributed by atoms with van der Waals surface area (Å²) in [6.07, 6.45) is 0. The second-order valence-corrected chi connectivity index (χ2v) is 5.09. The Kier molecular flexibility index (Phi) is 4.74. The fourth-order valence-corrected chi connectivity index (χ4v) is 2.33. The van der Waals surface area contributed by atoms with Crippen molar-refractivity contribution < 1.29 is 14.1 Å². The van der Waals surface area contributed by atoms with E-state index in [1.807, 2.05) is 0 Å². The van der Waals surface area contributed by atoms with Gasteiger partial charge in [-0.25, -0.2) is 4.39 Å². The molecule has 0 aromatic heterocycles. The molecule has 0 aliphatic carbocycles. The van der Waals surface area contributed by atoms with Gasteiger partial charge in [-0.3, -0.25) is 10.1 Å². The molecule has 0 saturated carbocycles. The van der Waals surface area contributed by atoms with E-state index < -0.39 is 4.92 Å². The number of nitrogens with one attached hydrogen (secondary N) is 1. The van der Waals surface area contributed by atoms with Crippen LogP contribution in [0.4, 0.5) is 15.8 Å². The first-order valence-corrected chi connectivity index (χ1v) is 6.81. The molecule has 0 spiro atoms. The van der Waals surface area contributed by atoms with Crippen LogP contribution in [0.1, 0.15) is 5.56 Å². The molecular weight excluding hydrogens is 343 g/mol. The number of hydrogen-bond acceptors (Lipinski definition) is 4. The Bertz CT molecular complexity index is 679. The zero-order chi connectivity index (χ0) is 15.4. The Morgan fingerprint density at radius 3 is 2.71 bits per heavy atom. The second kappa shape index (κ2) is 6.53. The van der Waals surface area contributed by atoms with Gasteiger partial charge in [0.15, 0.2) is 0 Å². The van der Waals surface area contributed by atoms with Crippen molar-refractivity contribution in [1.29, 1.82) is 0 Å². The molecule has 21 heavy (non-hydrogen) atoms. The Balaban J connectivity index is 2.22. The SMILES string of the molecule is COc1ccc([N+](=O)[O-])cc1CNc1ccc(F)cc1Br. The molecule has 0 atom stereocenters. The van der Waals surface area contributed by atoms with E-state index in [-0.39, 0.29) is 11.5 Å². The van der Waals surface area contributed by atoms with Crippen molar-refractivity contribution in [3.63, 3.8) is 0 Å². The summed E-state index contributed by atoms with van der Waals surface area (Å²) in [5.74, 6) is 0.201. The van der Waals surface area contributed by atoms with Gasteiger partial charge in [0.1, 0.15) is 11.6 Å². The van der Waals surface area contributed by atoms with E-state index in [9.17, 15) is 14.5 Å². The molecule has 1 N–H and O–H groups in total. The molecule has 0 fully saturated rings. The lowest BCUT2D eigenvalue weighted by atomic mass is 10.1. The Hall–Kier alpha value is -2.15. The monoisotopic (exact) mass is 354 g/mol. The number of nitro benzene ring substituents is 1. The number of anilines is 1. The molecule has 0 heterocycles. The second-order valence-electron chi connectivity index (χ2n) is 4.23. The average molecular weight is 355 g/mol. The van der Waals surface area contributed by atoms with Gasteiger partial charge in [-0.15, -0.1) is 0 Å². The van der Waals surface area contributed by atoms with E-state index in [2.05, 4.69) is 21.2 Å². The summed E-state index contributed by atoms with van der Waals surface area (Å²) in [7, 11) is 1.50. The van der Waals surface area contributed by atoms with E-state index >= 15 is 0 Å². The lowest BCUT2D eigenvalue weighted by Crippen LogP contribution is -2.03. The van der Waals surface area contributed by atoms with Gasteiger partial charge in [-0.05, 0) is 40.2 Å². The Morgan fingerprint density at radius 1 is 1.33 bits per heavy atom. The number of benzene rings is 2. The van der Waals surface area contributed by atoms with Crippen LogP contribution < -0.4 is 10.1 Å². The molecular formula is C14H12BrFN2O3. The van der Waals surface area contributed by atoms with Crippen LogP contribution in [-0.2, 0) is 6.54 Å². The predicted molar refractivity (Wildman–Crippen MR) is 81.1 cm³/mol. The van der Waals surface area contributed by atoms with E-state index in [0.29, 0.717) is 28.0 Å². The highest BCUT2D eigenvalue weighted by Gasteiger charge is 2.11. The summed E-state index contributed by atoms with van der Waals surface area (Å²) in [4.78, 5) is 10.4. The van der Waals surface area contributed by atoms with Gasteiger partial charge in [-0.1, -0.05) is 0 Å². The fraction of sp³-hybridized carbons (Fsp3) is 0.143. The van der Waals surface area contributed by atoms with Crippen molar-refractivity contribution in [2.75, 3.05) is 12.4 Å². The lowest BCUT2D eigenvalue weighted by molar-refractivity contribution is -0.384. The zero-order valence-corrected chi connectivity index (χ0v) is 12.7. The van der Waals surface area contributed by atoms with Crippen LogP contribution in [0.5, 0.6) is 5.75 Å². The number of halogens is 2. The molecule has 0 aliphatic heterocycles. The first-order chi connectivity index (χ1) is 10.0. The number of rotatable bonds is 5. The molecule has 0 amide bonds. The van der Waals surface area contributed by atoms with Crippen molar-refractivity contribution in [3.05, 3.63) is 62.4 Å². The van der Waals surface area contributed by atoms with Crippen LogP contribution in [0.3, 0.4) is 0 Å². The summed E-state index contributed by atoms with van der Waals surface area (Å²) in [6.45, 7) is 0.315. The van der Waals surface area contributed by atoms with Crippen LogP contribution >= 0.6 is 15.9 Å². The highest BCUT2D eigenvalue weighted by Crippen LogP contribution is 2.27. The topological polar surface area (TPSA) is 64.4 Å². The smallest absolute Gasteiger partial charge is 0.270 e. The van der Waals surface area contributed by atoms with Crippen LogP contribution in [0.15, 0.2) is 40.9 Å². The Morgan fingerprint density at radius 2 is 2.10 bits per heavy atom. The maximum Gasteiger partial charge on any atom is 0.270 e. The largest absolute Gasteiger partial charge is 0.496 e. The maximum atomic E-state index is 13.0. The van der Waals surface area contributed by atoms with E-state index in [4.69, 9.17) is 4.74 Å². The number of ether oxygens (including phenoxy) is 1. The summed E-state index contributed by atoms with van der Waals surface area (Å²) in [5.41, 5.74) is 1.32. The fourth-order valence-electron chi connectivity index (χ4n) is 1.84. The van der Waals surface area contributed by atoms with E-state index in [1.165, 1.54) is 31.4 Å². The summed E-state index contributed by atoms with van der Waals surface area (Å²) in [6, 6.07) is 8.64. The van der Waals surface area contributed by atoms with Gasteiger partial charge in [-0.2, -0.15) is 0 Å². The van der Waals surface area contributed by atoms with Gasteiger partial charge in [0.25, 0.3) is 5.69 Å². The summed E-state index contributed by atoms with van der Waals surface area (Å²) < 4.78 is 18.8. The van der Waals surface area contributed by atoms with Crippen molar-refractivity contribution >= 4 is 27.3 Å². The third kappa shape index (κ3) is 3.69. The first kappa shape index (κ1) is 15.2. The normalized spacial score (nSPS) is 10.2. The molecule has 0 saturated heterocycles. The average Bonchev–Trinajstić information content (AvgIpc) is 2.46. The van der Waals surface area contributed by atoms with Crippen LogP contribution in [0.25, 0.3) is 0 Å². The van der Waals surface area contributed by atoms with Crippen LogP contribution in [0.2, 0.25) is 0 Å². The number of nitro groups is 1. The molecule has 0 unspecified atom stereocenters. The first-order valence-electron chi connectivity index (χ1n) is 6.01. The highest BCUT2D eigenvalue weighted by atomic mass is 79.9. The molecule has 2 aromatic rings.